The Hall–Kier alpha value is -5.10. The summed E-state index contributed by atoms with van der Waals surface area (Å²) in [6, 6.07) is 32.5. The van der Waals surface area contributed by atoms with Gasteiger partial charge in [0.1, 0.15) is 0 Å². The fourth-order valence-electron chi connectivity index (χ4n) is 5.95. The molecule has 2 fully saturated rings. The number of aromatic nitrogens is 2. The van der Waals surface area contributed by atoms with Gasteiger partial charge in [-0.05, 0) is 48.2 Å². The van der Waals surface area contributed by atoms with Crippen LogP contribution in [0.1, 0.15) is 25.7 Å². The standard InChI is InChI=1S/C36H30N4O2/c41-35-13-7-19-39(35)33-22-30(32-18-16-28(24-38-32)26-11-5-2-6-12-26)34(40-20-8-14-36(40)42)21-29(33)31-17-15-27(23-37-31)25-9-3-1-4-10-25/h1-6,9-12,15-18,21-24H,7-8,13-14,19-20H2. The van der Waals surface area contributed by atoms with Crippen LogP contribution in [0.5, 0.6) is 0 Å². The van der Waals surface area contributed by atoms with Gasteiger partial charge in [-0.15, -0.1) is 0 Å². The highest BCUT2D eigenvalue weighted by Gasteiger charge is 2.30. The van der Waals surface area contributed by atoms with Crippen LogP contribution in [-0.2, 0) is 9.59 Å². The van der Waals surface area contributed by atoms with Crippen molar-refractivity contribution < 1.29 is 9.59 Å². The molecule has 2 aliphatic heterocycles. The van der Waals surface area contributed by atoms with E-state index in [2.05, 4.69) is 36.4 Å². The SMILES string of the molecule is O=C1CCCN1c1cc(-c2ccc(-c3ccccc3)cn2)c(N2CCCC2=O)cc1-c1ccc(-c2ccccc2)cn1. The van der Waals surface area contributed by atoms with Gasteiger partial charge in [0.05, 0.1) is 22.8 Å². The van der Waals surface area contributed by atoms with Crippen LogP contribution in [-0.4, -0.2) is 34.9 Å². The normalized spacial score (nSPS) is 15.0. The van der Waals surface area contributed by atoms with Gasteiger partial charge < -0.3 is 9.80 Å². The van der Waals surface area contributed by atoms with E-state index in [1.165, 1.54) is 0 Å². The van der Waals surface area contributed by atoms with Crippen molar-refractivity contribution in [2.24, 2.45) is 0 Å². The summed E-state index contributed by atoms with van der Waals surface area (Å²) in [5.41, 5.74) is 9.03. The second-order valence-corrected chi connectivity index (χ2v) is 10.8. The zero-order valence-electron chi connectivity index (χ0n) is 23.2. The predicted molar refractivity (Wildman–Crippen MR) is 167 cm³/mol. The summed E-state index contributed by atoms with van der Waals surface area (Å²) >= 11 is 0. The number of carbonyl (C=O) groups is 2. The van der Waals surface area contributed by atoms with Crippen LogP contribution >= 0.6 is 0 Å². The first-order valence-electron chi connectivity index (χ1n) is 14.5. The Bertz CT molecular complexity index is 1620. The molecule has 2 saturated heterocycles. The first-order valence-corrected chi connectivity index (χ1v) is 14.5. The minimum atomic E-state index is 0.0977. The lowest BCUT2D eigenvalue weighted by Crippen LogP contribution is -2.27. The van der Waals surface area contributed by atoms with Crippen LogP contribution in [0, 0.1) is 0 Å². The summed E-state index contributed by atoms with van der Waals surface area (Å²) in [5.74, 6) is 0.195. The predicted octanol–water partition coefficient (Wildman–Crippen LogP) is 7.40. The van der Waals surface area contributed by atoms with Gasteiger partial charge in [0.15, 0.2) is 0 Å². The van der Waals surface area contributed by atoms with E-state index in [0.717, 1.165) is 69.0 Å². The van der Waals surface area contributed by atoms with Crippen molar-refractivity contribution in [3.8, 4) is 44.8 Å². The fourth-order valence-corrected chi connectivity index (χ4v) is 5.95. The molecule has 42 heavy (non-hydrogen) atoms. The Labute approximate surface area is 245 Å². The summed E-state index contributed by atoms with van der Waals surface area (Å²) in [6.45, 7) is 1.30. The largest absolute Gasteiger partial charge is 0.312 e. The van der Waals surface area contributed by atoms with Gasteiger partial charge in [-0.2, -0.15) is 0 Å². The van der Waals surface area contributed by atoms with Crippen molar-refractivity contribution in [2.75, 3.05) is 22.9 Å². The molecule has 0 unspecified atom stereocenters. The van der Waals surface area contributed by atoms with Crippen molar-refractivity contribution in [2.45, 2.75) is 25.7 Å². The molecule has 4 heterocycles. The highest BCUT2D eigenvalue weighted by atomic mass is 16.2. The van der Waals surface area contributed by atoms with Gasteiger partial charge >= 0.3 is 0 Å². The molecule has 0 N–H and O–H groups in total. The van der Waals surface area contributed by atoms with E-state index in [-0.39, 0.29) is 11.8 Å². The maximum atomic E-state index is 13.1. The summed E-state index contributed by atoms with van der Waals surface area (Å²) in [5, 5.41) is 0. The number of hydrogen-bond acceptors (Lipinski definition) is 4. The van der Waals surface area contributed by atoms with Crippen LogP contribution < -0.4 is 9.80 Å². The van der Waals surface area contributed by atoms with Crippen LogP contribution in [0.25, 0.3) is 44.8 Å². The van der Waals surface area contributed by atoms with E-state index in [9.17, 15) is 9.59 Å². The molecule has 0 aliphatic carbocycles. The topological polar surface area (TPSA) is 66.4 Å². The molecule has 0 spiro atoms. The minimum Gasteiger partial charge on any atom is -0.312 e. The molecule has 6 nitrogen and oxygen atoms in total. The lowest BCUT2D eigenvalue weighted by Gasteiger charge is -2.26. The molecule has 2 aliphatic rings. The maximum Gasteiger partial charge on any atom is 0.227 e. The summed E-state index contributed by atoms with van der Waals surface area (Å²) < 4.78 is 0. The number of anilines is 2. The Morgan fingerprint density at radius 1 is 0.500 bits per heavy atom. The van der Waals surface area contributed by atoms with Crippen LogP contribution in [0.3, 0.4) is 0 Å². The quantitative estimate of drug-likeness (QED) is 0.221. The van der Waals surface area contributed by atoms with Crippen molar-refractivity contribution in [1.29, 1.82) is 0 Å². The van der Waals surface area contributed by atoms with E-state index in [4.69, 9.17) is 9.97 Å². The molecule has 3 aromatic carbocycles. The first kappa shape index (κ1) is 25.8. The van der Waals surface area contributed by atoms with E-state index in [1.54, 1.807) is 0 Å². The lowest BCUT2D eigenvalue weighted by atomic mass is 9.98. The minimum absolute atomic E-state index is 0.0977. The molecular formula is C36H30N4O2. The number of hydrogen-bond donors (Lipinski definition) is 0. The lowest BCUT2D eigenvalue weighted by molar-refractivity contribution is -0.117. The third kappa shape index (κ3) is 4.85. The van der Waals surface area contributed by atoms with Crippen molar-refractivity contribution in [3.05, 3.63) is 109 Å². The number of carbonyl (C=O) groups excluding carboxylic acids is 2. The Balaban J connectivity index is 1.38. The summed E-state index contributed by atoms with van der Waals surface area (Å²) in [6.07, 6.45) is 6.41. The van der Waals surface area contributed by atoms with Gasteiger partial charge in [-0.3, -0.25) is 19.6 Å². The van der Waals surface area contributed by atoms with Crippen molar-refractivity contribution in [3.63, 3.8) is 0 Å². The molecule has 206 valence electrons. The molecular weight excluding hydrogens is 520 g/mol. The van der Waals surface area contributed by atoms with E-state index < -0.39 is 0 Å². The molecule has 5 aromatic rings. The second-order valence-electron chi connectivity index (χ2n) is 10.8. The third-order valence-electron chi connectivity index (χ3n) is 8.14. The number of pyridine rings is 2. The van der Waals surface area contributed by atoms with Crippen molar-refractivity contribution in [1.82, 2.24) is 9.97 Å². The van der Waals surface area contributed by atoms with E-state index >= 15 is 0 Å². The van der Waals surface area contributed by atoms with E-state index in [1.807, 2.05) is 82.9 Å². The van der Waals surface area contributed by atoms with Crippen LogP contribution in [0.2, 0.25) is 0 Å². The van der Waals surface area contributed by atoms with Crippen LogP contribution in [0.15, 0.2) is 109 Å². The van der Waals surface area contributed by atoms with Gasteiger partial charge in [0, 0.05) is 60.6 Å². The molecule has 2 amide bonds. The molecule has 7 rings (SSSR count). The van der Waals surface area contributed by atoms with Gasteiger partial charge in [0.2, 0.25) is 11.8 Å². The molecule has 2 aromatic heterocycles. The molecule has 0 saturated carbocycles. The zero-order chi connectivity index (χ0) is 28.5. The molecule has 0 bridgehead atoms. The monoisotopic (exact) mass is 550 g/mol. The molecule has 0 atom stereocenters. The molecule has 6 heteroatoms. The summed E-state index contributed by atoms with van der Waals surface area (Å²) in [4.78, 5) is 39.6. The summed E-state index contributed by atoms with van der Waals surface area (Å²) in [7, 11) is 0. The smallest absolute Gasteiger partial charge is 0.227 e. The van der Waals surface area contributed by atoms with Gasteiger partial charge in [0.25, 0.3) is 0 Å². The highest BCUT2D eigenvalue weighted by Crippen LogP contribution is 2.43. The van der Waals surface area contributed by atoms with Crippen molar-refractivity contribution >= 4 is 23.2 Å². The fraction of sp³-hybridized carbons (Fsp3) is 0.167. The third-order valence-corrected chi connectivity index (χ3v) is 8.14. The Morgan fingerprint density at radius 2 is 0.929 bits per heavy atom. The Morgan fingerprint density at radius 3 is 1.26 bits per heavy atom. The van der Waals surface area contributed by atoms with Gasteiger partial charge in [-0.25, -0.2) is 0 Å². The number of nitrogens with zero attached hydrogens (tertiary/aromatic N) is 4. The Kier molecular flexibility index (Phi) is 6.80. The molecule has 0 radical (unpaired) electrons. The first-order chi connectivity index (χ1) is 20.7. The average Bonchev–Trinajstić information content (AvgIpc) is 3.69. The number of rotatable bonds is 6. The number of benzene rings is 3. The van der Waals surface area contributed by atoms with E-state index in [0.29, 0.717) is 25.9 Å². The van der Waals surface area contributed by atoms with Crippen LogP contribution in [0.4, 0.5) is 11.4 Å². The zero-order valence-corrected chi connectivity index (χ0v) is 23.2. The highest BCUT2D eigenvalue weighted by molar-refractivity contribution is 6.05. The maximum absolute atomic E-state index is 13.1. The van der Waals surface area contributed by atoms with Gasteiger partial charge in [-0.1, -0.05) is 72.8 Å². The second kappa shape index (κ2) is 11.1. The average molecular weight is 551 g/mol. The number of amides is 2.